The second-order valence-electron chi connectivity index (χ2n) is 4.96. The topological polar surface area (TPSA) is 55.2 Å². The molecule has 0 aromatic heterocycles. The summed E-state index contributed by atoms with van der Waals surface area (Å²) in [7, 11) is 0. The Kier molecular flexibility index (Phi) is 3.29. The molecule has 0 fully saturated rings. The molecule has 1 unspecified atom stereocenters. The number of rotatable bonds is 3. The summed E-state index contributed by atoms with van der Waals surface area (Å²) in [6.45, 7) is 0. The highest BCUT2D eigenvalue weighted by Gasteiger charge is 2.25. The van der Waals surface area contributed by atoms with Gasteiger partial charge in [0.1, 0.15) is 11.6 Å². The highest BCUT2D eigenvalue weighted by molar-refractivity contribution is 5.54. The van der Waals surface area contributed by atoms with Crippen molar-refractivity contribution in [2.45, 2.75) is 18.9 Å². The van der Waals surface area contributed by atoms with Crippen LogP contribution in [-0.4, -0.2) is 4.92 Å². The number of halogens is 2. The van der Waals surface area contributed by atoms with E-state index in [1.807, 2.05) is 0 Å². The van der Waals surface area contributed by atoms with Crippen LogP contribution in [0.15, 0.2) is 36.4 Å². The van der Waals surface area contributed by atoms with Crippen molar-refractivity contribution in [2.24, 2.45) is 0 Å². The molecule has 6 heteroatoms. The molecule has 1 aliphatic rings. The van der Waals surface area contributed by atoms with E-state index in [9.17, 15) is 18.9 Å². The molecule has 4 nitrogen and oxygen atoms in total. The second kappa shape index (κ2) is 5.12. The van der Waals surface area contributed by atoms with Crippen molar-refractivity contribution >= 4 is 11.4 Å². The number of anilines is 1. The van der Waals surface area contributed by atoms with Crippen LogP contribution in [0.4, 0.5) is 20.2 Å². The van der Waals surface area contributed by atoms with Crippen molar-refractivity contribution in [3.8, 4) is 0 Å². The molecule has 0 saturated carbocycles. The van der Waals surface area contributed by atoms with E-state index in [0.29, 0.717) is 18.4 Å². The molecule has 0 heterocycles. The zero-order valence-corrected chi connectivity index (χ0v) is 11.0. The Bertz CT molecular complexity index is 719. The Morgan fingerprint density at radius 2 is 2.00 bits per heavy atom. The van der Waals surface area contributed by atoms with Crippen molar-refractivity contribution in [1.82, 2.24) is 0 Å². The lowest BCUT2D eigenvalue weighted by Gasteiger charge is -2.16. The molecular weight excluding hydrogens is 278 g/mol. The molecule has 108 valence electrons. The maximum absolute atomic E-state index is 13.8. The molecule has 2 aromatic carbocycles. The van der Waals surface area contributed by atoms with Gasteiger partial charge in [0.2, 0.25) is 0 Å². The first-order chi connectivity index (χ1) is 10.1. The second-order valence-corrected chi connectivity index (χ2v) is 4.96. The molecule has 21 heavy (non-hydrogen) atoms. The molecule has 0 amide bonds. The van der Waals surface area contributed by atoms with Crippen molar-refractivity contribution < 1.29 is 13.7 Å². The number of fused-ring (bicyclic) bond motifs is 1. The van der Waals surface area contributed by atoms with E-state index in [-0.39, 0.29) is 23.2 Å². The summed E-state index contributed by atoms with van der Waals surface area (Å²) in [4.78, 5) is 10.2. The van der Waals surface area contributed by atoms with Crippen LogP contribution < -0.4 is 5.32 Å². The van der Waals surface area contributed by atoms with Gasteiger partial charge < -0.3 is 5.32 Å². The van der Waals surface area contributed by atoms with Gasteiger partial charge in [0.05, 0.1) is 16.7 Å². The smallest absolute Gasteiger partial charge is 0.271 e. The van der Waals surface area contributed by atoms with Crippen LogP contribution in [0.1, 0.15) is 23.6 Å². The normalized spacial score (nSPS) is 16.6. The summed E-state index contributed by atoms with van der Waals surface area (Å²) in [6, 6.07) is 7.88. The number of non-ortho nitro benzene ring substituents is 1. The molecule has 0 aliphatic heterocycles. The van der Waals surface area contributed by atoms with E-state index in [4.69, 9.17) is 0 Å². The third-order valence-corrected chi connectivity index (χ3v) is 3.70. The molecule has 0 saturated heterocycles. The quantitative estimate of drug-likeness (QED) is 0.687. The lowest BCUT2D eigenvalue weighted by molar-refractivity contribution is -0.384. The van der Waals surface area contributed by atoms with Crippen LogP contribution in [0.25, 0.3) is 0 Å². The minimum atomic E-state index is -0.577. The van der Waals surface area contributed by atoms with Crippen LogP contribution >= 0.6 is 0 Å². The van der Waals surface area contributed by atoms with E-state index in [2.05, 4.69) is 5.32 Å². The highest BCUT2D eigenvalue weighted by atomic mass is 19.1. The van der Waals surface area contributed by atoms with Crippen LogP contribution in [-0.2, 0) is 6.42 Å². The SMILES string of the molecule is O=[N+]([O-])c1ccc(F)c(NC2CCc3c(F)cccc32)c1. The zero-order chi connectivity index (χ0) is 15.0. The monoisotopic (exact) mass is 290 g/mol. The molecule has 0 spiro atoms. The first-order valence-corrected chi connectivity index (χ1v) is 6.54. The van der Waals surface area contributed by atoms with Crippen molar-refractivity contribution in [1.29, 1.82) is 0 Å². The summed E-state index contributed by atoms with van der Waals surface area (Å²) in [5.41, 5.74) is 1.28. The van der Waals surface area contributed by atoms with Gasteiger partial charge in [-0.05, 0) is 36.1 Å². The lowest BCUT2D eigenvalue weighted by atomic mass is 10.1. The van der Waals surface area contributed by atoms with Gasteiger partial charge in [0.25, 0.3) is 5.69 Å². The van der Waals surface area contributed by atoms with Gasteiger partial charge in [0, 0.05) is 12.1 Å². The molecule has 1 N–H and O–H groups in total. The summed E-state index contributed by atoms with van der Waals surface area (Å²) in [5, 5.41) is 13.7. The summed E-state index contributed by atoms with van der Waals surface area (Å²) < 4.78 is 27.4. The van der Waals surface area contributed by atoms with Gasteiger partial charge in [-0.25, -0.2) is 8.78 Å². The summed E-state index contributed by atoms with van der Waals surface area (Å²) >= 11 is 0. The maximum Gasteiger partial charge on any atom is 0.271 e. The van der Waals surface area contributed by atoms with Crippen LogP contribution in [0, 0.1) is 21.7 Å². The number of hydrogen-bond donors (Lipinski definition) is 1. The molecule has 0 radical (unpaired) electrons. The van der Waals surface area contributed by atoms with Gasteiger partial charge in [0.15, 0.2) is 0 Å². The number of nitro groups is 1. The zero-order valence-electron chi connectivity index (χ0n) is 11.0. The molecular formula is C15H12F2N2O2. The number of nitrogens with one attached hydrogen (secondary N) is 1. The molecule has 2 aromatic rings. The summed E-state index contributed by atoms with van der Waals surface area (Å²) in [5.74, 6) is -0.832. The van der Waals surface area contributed by atoms with Crippen molar-refractivity contribution in [2.75, 3.05) is 5.32 Å². The Labute approximate surface area is 119 Å². The van der Waals surface area contributed by atoms with E-state index < -0.39 is 10.7 Å². The molecule has 1 atom stereocenters. The molecule has 1 aliphatic carbocycles. The number of nitro benzene ring substituents is 1. The fourth-order valence-corrected chi connectivity index (χ4v) is 2.68. The van der Waals surface area contributed by atoms with Crippen LogP contribution in [0.2, 0.25) is 0 Å². The van der Waals surface area contributed by atoms with Gasteiger partial charge >= 0.3 is 0 Å². The van der Waals surface area contributed by atoms with Crippen molar-refractivity contribution in [3.63, 3.8) is 0 Å². The fourth-order valence-electron chi connectivity index (χ4n) is 2.68. The van der Waals surface area contributed by atoms with Crippen LogP contribution in [0.3, 0.4) is 0 Å². The average molecular weight is 290 g/mol. The average Bonchev–Trinajstić information content (AvgIpc) is 2.86. The van der Waals surface area contributed by atoms with Gasteiger partial charge in [-0.2, -0.15) is 0 Å². The van der Waals surface area contributed by atoms with Gasteiger partial charge in [-0.3, -0.25) is 10.1 Å². The summed E-state index contributed by atoms with van der Waals surface area (Å²) in [6.07, 6.45) is 1.19. The lowest BCUT2D eigenvalue weighted by Crippen LogP contribution is -2.09. The first-order valence-electron chi connectivity index (χ1n) is 6.54. The number of nitrogens with zero attached hydrogens (tertiary/aromatic N) is 1. The Hall–Kier alpha value is -2.50. The minimum absolute atomic E-state index is 0.0614. The van der Waals surface area contributed by atoms with E-state index in [0.717, 1.165) is 23.8 Å². The minimum Gasteiger partial charge on any atom is -0.376 e. The maximum atomic E-state index is 13.8. The van der Waals surface area contributed by atoms with E-state index in [1.54, 1.807) is 12.1 Å². The number of hydrogen-bond acceptors (Lipinski definition) is 3. The first kappa shape index (κ1) is 13.5. The van der Waals surface area contributed by atoms with E-state index in [1.165, 1.54) is 6.07 Å². The molecule has 0 bridgehead atoms. The Morgan fingerprint density at radius 3 is 2.76 bits per heavy atom. The number of benzene rings is 2. The predicted molar refractivity (Wildman–Crippen MR) is 74.1 cm³/mol. The molecule has 3 rings (SSSR count). The van der Waals surface area contributed by atoms with E-state index >= 15 is 0 Å². The van der Waals surface area contributed by atoms with Crippen LogP contribution in [0.5, 0.6) is 0 Å². The fraction of sp³-hybridized carbons (Fsp3) is 0.200. The van der Waals surface area contributed by atoms with Gasteiger partial charge in [-0.15, -0.1) is 0 Å². The third-order valence-electron chi connectivity index (χ3n) is 3.70. The largest absolute Gasteiger partial charge is 0.376 e. The van der Waals surface area contributed by atoms with Gasteiger partial charge in [-0.1, -0.05) is 12.1 Å². The Balaban J connectivity index is 1.91. The highest BCUT2D eigenvalue weighted by Crippen LogP contribution is 2.36. The predicted octanol–water partition coefficient (Wildman–Crippen LogP) is 3.97. The standard InChI is InChI=1S/C15H12F2N2O2/c16-12-3-1-2-11-10(12)5-7-14(11)18-15-8-9(19(20)21)4-6-13(15)17/h1-4,6,8,14,18H,5,7H2. The van der Waals surface area contributed by atoms with Crippen molar-refractivity contribution in [3.05, 3.63) is 69.3 Å². The third kappa shape index (κ3) is 2.44. The Morgan fingerprint density at radius 1 is 1.19 bits per heavy atom.